The number of hydrogen-bond donors (Lipinski definition) is 0. The lowest BCUT2D eigenvalue weighted by Gasteiger charge is -2.55. The van der Waals surface area contributed by atoms with E-state index in [1.165, 1.54) is 32.1 Å². The van der Waals surface area contributed by atoms with E-state index in [1.54, 1.807) is 0 Å². The Labute approximate surface area is 119 Å². The lowest BCUT2D eigenvalue weighted by molar-refractivity contribution is -0.281. The van der Waals surface area contributed by atoms with Gasteiger partial charge in [0.05, 0.1) is 5.60 Å². The van der Waals surface area contributed by atoms with Crippen LogP contribution in [0.4, 0.5) is 0 Å². The highest BCUT2D eigenvalue weighted by Crippen LogP contribution is 2.55. The molecule has 2 nitrogen and oxygen atoms in total. The van der Waals surface area contributed by atoms with Gasteiger partial charge in [-0.2, -0.15) is 5.06 Å². The third-order valence-electron chi connectivity index (χ3n) is 5.67. The van der Waals surface area contributed by atoms with Gasteiger partial charge in [-0.15, -0.1) is 0 Å². The van der Waals surface area contributed by atoms with Crippen LogP contribution in [0.2, 0.25) is 0 Å². The monoisotopic (exact) mass is 267 g/mol. The van der Waals surface area contributed by atoms with Crippen LogP contribution in [-0.2, 0) is 4.84 Å². The zero-order valence-corrected chi connectivity index (χ0v) is 13.9. The fraction of sp³-hybridized carbons (Fsp3) is 1.00. The fourth-order valence-corrected chi connectivity index (χ4v) is 4.69. The standard InChI is InChI=1S/C17H33NO/c1-14-15(2,3)12-17(6,13-16(14,4)5)19-18-10-8-7-9-11-18/h14H,7-13H2,1-6H3. The molecule has 19 heavy (non-hydrogen) atoms. The van der Waals surface area contributed by atoms with Gasteiger partial charge in [-0.3, -0.25) is 4.84 Å². The largest absolute Gasteiger partial charge is 0.293 e. The maximum atomic E-state index is 6.47. The summed E-state index contributed by atoms with van der Waals surface area (Å²) in [6.07, 6.45) is 6.28. The Morgan fingerprint density at radius 2 is 1.32 bits per heavy atom. The summed E-state index contributed by atoms with van der Waals surface area (Å²) in [5.41, 5.74) is 0.718. The molecule has 1 aliphatic heterocycles. The van der Waals surface area contributed by atoms with Crippen LogP contribution < -0.4 is 0 Å². The molecule has 0 spiro atoms. The van der Waals surface area contributed by atoms with Gasteiger partial charge in [-0.1, -0.05) is 41.0 Å². The van der Waals surface area contributed by atoms with Crippen LogP contribution in [-0.4, -0.2) is 23.8 Å². The Bertz CT molecular complexity index is 297. The van der Waals surface area contributed by atoms with E-state index in [9.17, 15) is 0 Å². The van der Waals surface area contributed by atoms with Gasteiger partial charge in [0.25, 0.3) is 0 Å². The summed E-state index contributed by atoms with van der Waals surface area (Å²) >= 11 is 0. The third-order valence-corrected chi connectivity index (χ3v) is 5.67. The van der Waals surface area contributed by atoms with Crippen molar-refractivity contribution >= 4 is 0 Å². The second-order valence-corrected chi connectivity index (χ2v) is 8.58. The molecule has 1 aliphatic carbocycles. The van der Waals surface area contributed by atoms with Gasteiger partial charge in [0.1, 0.15) is 0 Å². The van der Waals surface area contributed by atoms with Crippen molar-refractivity contribution in [3.63, 3.8) is 0 Å². The molecule has 2 rings (SSSR count). The zero-order valence-electron chi connectivity index (χ0n) is 13.9. The van der Waals surface area contributed by atoms with E-state index < -0.39 is 0 Å². The van der Waals surface area contributed by atoms with Gasteiger partial charge in [0.15, 0.2) is 0 Å². The molecule has 0 aromatic carbocycles. The quantitative estimate of drug-likeness (QED) is 0.722. The van der Waals surface area contributed by atoms with Gasteiger partial charge in [0, 0.05) is 13.1 Å². The van der Waals surface area contributed by atoms with Crippen molar-refractivity contribution in [2.24, 2.45) is 16.7 Å². The van der Waals surface area contributed by atoms with Gasteiger partial charge in [-0.05, 0) is 49.4 Å². The van der Waals surface area contributed by atoms with Crippen molar-refractivity contribution in [1.82, 2.24) is 5.06 Å². The lowest BCUT2D eigenvalue weighted by Crippen LogP contribution is -2.53. The smallest absolute Gasteiger partial charge is 0.0882 e. The topological polar surface area (TPSA) is 12.5 Å². The number of hydroxylamine groups is 2. The van der Waals surface area contributed by atoms with E-state index >= 15 is 0 Å². The molecule has 0 N–H and O–H groups in total. The maximum absolute atomic E-state index is 6.47. The maximum Gasteiger partial charge on any atom is 0.0882 e. The van der Waals surface area contributed by atoms with Gasteiger partial charge < -0.3 is 0 Å². The van der Waals surface area contributed by atoms with Crippen LogP contribution in [0.25, 0.3) is 0 Å². The van der Waals surface area contributed by atoms with Crippen molar-refractivity contribution in [1.29, 1.82) is 0 Å². The van der Waals surface area contributed by atoms with E-state index in [-0.39, 0.29) is 5.60 Å². The Morgan fingerprint density at radius 1 is 0.842 bits per heavy atom. The van der Waals surface area contributed by atoms with Crippen molar-refractivity contribution in [2.45, 2.75) is 79.2 Å². The van der Waals surface area contributed by atoms with E-state index in [0.717, 1.165) is 19.0 Å². The summed E-state index contributed by atoms with van der Waals surface area (Å²) in [7, 11) is 0. The highest BCUT2D eigenvalue weighted by Gasteiger charge is 2.51. The molecular formula is C17H33NO. The Morgan fingerprint density at radius 3 is 1.79 bits per heavy atom. The lowest BCUT2D eigenvalue weighted by atomic mass is 9.54. The van der Waals surface area contributed by atoms with E-state index in [1.807, 2.05) is 0 Å². The van der Waals surface area contributed by atoms with Crippen LogP contribution in [0.1, 0.15) is 73.6 Å². The van der Waals surface area contributed by atoms with Gasteiger partial charge in [0.2, 0.25) is 0 Å². The summed E-state index contributed by atoms with van der Waals surface area (Å²) in [5.74, 6) is 0.734. The van der Waals surface area contributed by atoms with E-state index in [2.05, 4.69) is 46.6 Å². The molecular weight excluding hydrogens is 234 g/mol. The molecule has 0 bridgehead atoms. The van der Waals surface area contributed by atoms with Crippen molar-refractivity contribution in [3.05, 3.63) is 0 Å². The summed E-state index contributed by atoms with van der Waals surface area (Å²) in [6.45, 7) is 16.6. The molecule has 1 saturated heterocycles. The minimum Gasteiger partial charge on any atom is -0.293 e. The first-order valence-electron chi connectivity index (χ1n) is 8.09. The molecule has 2 aliphatic rings. The first kappa shape index (κ1) is 15.3. The Balaban J connectivity index is 2.09. The molecule has 0 aromatic rings. The zero-order chi connectivity index (χ0) is 14.3. The van der Waals surface area contributed by atoms with Gasteiger partial charge in [-0.25, -0.2) is 0 Å². The number of rotatable bonds is 2. The number of nitrogens with zero attached hydrogens (tertiary/aromatic N) is 1. The highest BCUT2D eigenvalue weighted by molar-refractivity contribution is 5.00. The average Bonchev–Trinajstić information content (AvgIpc) is 2.25. The van der Waals surface area contributed by atoms with Crippen LogP contribution in [0.5, 0.6) is 0 Å². The normalized spacial score (nSPS) is 39.2. The van der Waals surface area contributed by atoms with Crippen molar-refractivity contribution in [3.8, 4) is 0 Å². The van der Waals surface area contributed by atoms with E-state index in [0.29, 0.717) is 10.8 Å². The number of hydrogen-bond acceptors (Lipinski definition) is 2. The molecule has 1 heterocycles. The van der Waals surface area contributed by atoms with Crippen LogP contribution in [0.3, 0.4) is 0 Å². The molecule has 0 radical (unpaired) electrons. The van der Waals surface area contributed by atoms with Crippen molar-refractivity contribution < 1.29 is 4.84 Å². The number of piperidine rings is 1. The first-order chi connectivity index (χ1) is 8.65. The summed E-state index contributed by atoms with van der Waals surface area (Å²) in [6, 6.07) is 0. The molecule has 0 amide bonds. The third kappa shape index (κ3) is 3.33. The summed E-state index contributed by atoms with van der Waals surface area (Å²) < 4.78 is 0. The molecule has 0 aromatic heterocycles. The fourth-order valence-electron chi connectivity index (χ4n) is 4.69. The van der Waals surface area contributed by atoms with Crippen LogP contribution in [0, 0.1) is 16.7 Å². The van der Waals surface area contributed by atoms with Crippen LogP contribution >= 0.6 is 0 Å². The predicted octanol–water partition coefficient (Wildman–Crippen LogP) is 4.64. The second-order valence-electron chi connectivity index (χ2n) is 8.58. The van der Waals surface area contributed by atoms with Crippen molar-refractivity contribution in [2.75, 3.05) is 13.1 Å². The average molecular weight is 267 g/mol. The molecule has 112 valence electrons. The molecule has 2 fully saturated rings. The minimum atomic E-state index is 0.0108. The molecule has 1 saturated carbocycles. The highest BCUT2D eigenvalue weighted by atomic mass is 16.7. The van der Waals surface area contributed by atoms with Crippen LogP contribution in [0.15, 0.2) is 0 Å². The molecule has 0 unspecified atom stereocenters. The SMILES string of the molecule is CC1C(C)(C)CC(C)(ON2CCCCC2)CC1(C)C. The summed E-state index contributed by atoms with van der Waals surface area (Å²) in [4.78, 5) is 6.47. The molecule has 2 heteroatoms. The second kappa shape index (κ2) is 5.04. The molecule has 0 atom stereocenters. The minimum absolute atomic E-state index is 0.0108. The predicted molar refractivity (Wildman–Crippen MR) is 80.9 cm³/mol. The van der Waals surface area contributed by atoms with Gasteiger partial charge >= 0.3 is 0 Å². The Kier molecular flexibility index (Phi) is 4.06. The first-order valence-corrected chi connectivity index (χ1v) is 8.09. The summed E-state index contributed by atoms with van der Waals surface area (Å²) in [5, 5.41) is 2.24. The Hall–Kier alpha value is -0.0800. The van der Waals surface area contributed by atoms with E-state index in [4.69, 9.17) is 4.84 Å².